The number of nitrogens with zero attached hydrogens (tertiary/aromatic N) is 1. The normalized spacial score (nSPS) is 16.7. The summed E-state index contributed by atoms with van der Waals surface area (Å²) in [4.78, 5) is 0. The highest BCUT2D eigenvalue weighted by Gasteiger charge is 2.45. The Bertz CT molecular complexity index is 3980. The minimum atomic E-state index is 0.0417. The SMILES string of the molecule is CC1(C)c2cc(-c3ccc4sc5ccc(-c6ccc7c(c6)c6ccccc6c6c7ccc7c8ccccc8n(-c8ccccc8)c76)cc5c4c3)c3ccccc3c2C2C=CC=CC21. The summed E-state index contributed by atoms with van der Waals surface area (Å²) in [6, 6.07) is 66.5. The first-order valence-corrected chi connectivity index (χ1v) is 23.1. The van der Waals surface area contributed by atoms with Gasteiger partial charge in [0.25, 0.3) is 0 Å². The van der Waals surface area contributed by atoms with Crippen LogP contribution in [0.4, 0.5) is 0 Å². The summed E-state index contributed by atoms with van der Waals surface area (Å²) < 4.78 is 5.12. The Kier molecular flexibility index (Phi) is 7.23. The average Bonchev–Trinajstić information content (AvgIpc) is 3.96. The lowest BCUT2D eigenvalue weighted by Crippen LogP contribution is -2.24. The van der Waals surface area contributed by atoms with Crippen molar-refractivity contribution in [2.45, 2.75) is 25.2 Å². The molecule has 1 nitrogen and oxygen atoms in total. The van der Waals surface area contributed by atoms with Crippen LogP contribution in [0.25, 0.3) is 113 Å². The van der Waals surface area contributed by atoms with Gasteiger partial charge in [0.15, 0.2) is 0 Å². The molecular formula is C61H41NS. The maximum Gasteiger partial charge on any atom is 0.0625 e. The topological polar surface area (TPSA) is 4.93 Å². The van der Waals surface area contributed by atoms with E-state index in [-0.39, 0.29) is 5.41 Å². The van der Waals surface area contributed by atoms with E-state index >= 15 is 0 Å². The molecule has 12 aromatic rings. The van der Waals surface area contributed by atoms with Gasteiger partial charge in [-0.1, -0.05) is 159 Å². The van der Waals surface area contributed by atoms with Crippen molar-refractivity contribution in [1.82, 2.24) is 4.57 Å². The van der Waals surface area contributed by atoms with Gasteiger partial charge >= 0.3 is 0 Å². The van der Waals surface area contributed by atoms with Gasteiger partial charge < -0.3 is 4.57 Å². The third kappa shape index (κ3) is 4.87. The van der Waals surface area contributed by atoms with Gasteiger partial charge in [-0.05, 0) is 137 Å². The lowest BCUT2D eigenvalue weighted by Gasteiger charge is -2.29. The van der Waals surface area contributed by atoms with Crippen molar-refractivity contribution in [1.29, 1.82) is 0 Å². The lowest BCUT2D eigenvalue weighted by atomic mass is 9.74. The maximum absolute atomic E-state index is 2.54. The van der Waals surface area contributed by atoms with Crippen LogP contribution in [-0.2, 0) is 5.41 Å². The number of hydrogen-bond donors (Lipinski definition) is 0. The Hall–Kier alpha value is -7.26. The number of hydrogen-bond acceptors (Lipinski definition) is 1. The van der Waals surface area contributed by atoms with E-state index < -0.39 is 0 Å². The maximum atomic E-state index is 2.54. The molecule has 14 rings (SSSR count). The quantitative estimate of drug-likeness (QED) is 0.157. The molecule has 2 aromatic heterocycles. The van der Waals surface area contributed by atoms with E-state index in [4.69, 9.17) is 0 Å². The number of aromatic nitrogens is 1. The van der Waals surface area contributed by atoms with Crippen molar-refractivity contribution >= 4 is 96.4 Å². The molecule has 0 radical (unpaired) electrons. The van der Waals surface area contributed by atoms with Gasteiger partial charge in [0.05, 0.1) is 11.0 Å². The Morgan fingerprint density at radius 3 is 1.83 bits per heavy atom. The summed E-state index contributed by atoms with van der Waals surface area (Å²) in [6.45, 7) is 4.89. The molecule has 0 bridgehead atoms. The predicted octanol–water partition coefficient (Wildman–Crippen LogP) is 17.2. The summed E-state index contributed by atoms with van der Waals surface area (Å²) in [5, 5.41) is 15.6. The summed E-state index contributed by atoms with van der Waals surface area (Å²) in [5.74, 6) is 0.879. The Labute approximate surface area is 369 Å². The molecule has 2 aliphatic carbocycles. The van der Waals surface area contributed by atoms with E-state index in [1.807, 2.05) is 11.3 Å². The minimum absolute atomic E-state index is 0.0417. The van der Waals surface area contributed by atoms with Crippen LogP contribution in [-0.4, -0.2) is 4.57 Å². The molecule has 0 aliphatic heterocycles. The van der Waals surface area contributed by atoms with E-state index in [9.17, 15) is 0 Å². The van der Waals surface area contributed by atoms with Gasteiger partial charge in [0.2, 0.25) is 0 Å². The number of allylic oxidation sites excluding steroid dienone is 4. The van der Waals surface area contributed by atoms with Crippen molar-refractivity contribution in [3.8, 4) is 27.9 Å². The number of thiophene rings is 1. The van der Waals surface area contributed by atoms with Crippen LogP contribution in [0.15, 0.2) is 200 Å². The first kappa shape index (κ1) is 35.3. The highest BCUT2D eigenvalue weighted by molar-refractivity contribution is 7.25. The van der Waals surface area contributed by atoms with Crippen LogP contribution in [0.2, 0.25) is 0 Å². The van der Waals surface area contributed by atoms with Crippen LogP contribution in [0, 0.1) is 5.92 Å². The van der Waals surface area contributed by atoms with Gasteiger partial charge in [-0.2, -0.15) is 0 Å². The molecule has 2 atom stereocenters. The largest absolute Gasteiger partial charge is 0.309 e. The first-order valence-electron chi connectivity index (χ1n) is 22.3. The highest BCUT2D eigenvalue weighted by atomic mass is 32.1. The van der Waals surface area contributed by atoms with Gasteiger partial charge in [-0.15, -0.1) is 11.3 Å². The standard InChI is InChI=1S/C61H41NS/c1-61(2)53-22-12-10-21-48(53)58-44-19-8-6-16-40(44)49(35-54(58)61)38-26-31-57-52(34-38)51-33-37(25-30-56(51)63-57)36-24-27-42-46-28-29-47-43-18-11-13-23-55(43)62(39-14-4-3-5-15-39)60(47)59(46)45-20-9-7-17-41(45)50(42)32-36/h3-35,48,53H,1-2H3. The second-order valence-corrected chi connectivity index (χ2v) is 19.5. The molecule has 0 saturated heterocycles. The van der Waals surface area contributed by atoms with Gasteiger partial charge in [-0.3, -0.25) is 0 Å². The smallest absolute Gasteiger partial charge is 0.0625 e. The molecule has 296 valence electrons. The monoisotopic (exact) mass is 819 g/mol. The molecule has 0 N–H and O–H groups in total. The van der Waals surface area contributed by atoms with Crippen molar-refractivity contribution in [2.75, 3.05) is 0 Å². The van der Waals surface area contributed by atoms with Crippen molar-refractivity contribution in [3.05, 3.63) is 211 Å². The zero-order chi connectivity index (χ0) is 41.6. The van der Waals surface area contributed by atoms with E-state index in [2.05, 4.69) is 219 Å². The number of para-hydroxylation sites is 2. The number of rotatable bonds is 3. The van der Waals surface area contributed by atoms with E-state index in [0.717, 1.165) is 0 Å². The fourth-order valence-electron chi connectivity index (χ4n) is 11.9. The third-order valence-electron chi connectivity index (χ3n) is 14.8. The minimum Gasteiger partial charge on any atom is -0.309 e. The Morgan fingerprint density at radius 1 is 0.444 bits per heavy atom. The molecule has 2 unspecified atom stereocenters. The van der Waals surface area contributed by atoms with Crippen LogP contribution in [0.5, 0.6) is 0 Å². The van der Waals surface area contributed by atoms with Crippen molar-refractivity contribution in [2.24, 2.45) is 5.92 Å². The average molecular weight is 820 g/mol. The van der Waals surface area contributed by atoms with Crippen LogP contribution in [0.1, 0.15) is 30.9 Å². The number of benzene rings is 10. The summed E-state index contributed by atoms with van der Waals surface area (Å²) in [7, 11) is 0. The molecule has 0 fully saturated rings. The second-order valence-electron chi connectivity index (χ2n) is 18.4. The summed E-state index contributed by atoms with van der Waals surface area (Å²) in [6.07, 6.45) is 9.35. The molecule has 0 spiro atoms. The number of fused-ring (bicyclic) bond motifs is 18. The predicted molar refractivity (Wildman–Crippen MR) is 272 cm³/mol. The molecule has 63 heavy (non-hydrogen) atoms. The zero-order valence-electron chi connectivity index (χ0n) is 35.1. The van der Waals surface area contributed by atoms with Gasteiger partial charge in [0, 0.05) is 47.9 Å². The highest BCUT2D eigenvalue weighted by Crippen LogP contribution is 2.56. The molecule has 0 saturated carbocycles. The Balaban J connectivity index is 0.952. The van der Waals surface area contributed by atoms with Crippen molar-refractivity contribution < 1.29 is 0 Å². The lowest BCUT2D eigenvalue weighted by molar-refractivity contribution is 0.394. The van der Waals surface area contributed by atoms with Crippen LogP contribution >= 0.6 is 11.3 Å². The summed E-state index contributed by atoms with van der Waals surface area (Å²) >= 11 is 1.90. The summed E-state index contributed by atoms with van der Waals surface area (Å²) in [5.41, 5.74) is 11.8. The zero-order valence-corrected chi connectivity index (χ0v) is 35.9. The fourth-order valence-corrected chi connectivity index (χ4v) is 13.0. The van der Waals surface area contributed by atoms with Crippen LogP contribution in [0.3, 0.4) is 0 Å². The van der Waals surface area contributed by atoms with Gasteiger partial charge in [0.1, 0.15) is 0 Å². The Morgan fingerprint density at radius 2 is 1.02 bits per heavy atom. The van der Waals surface area contributed by atoms with E-state index in [1.54, 1.807) is 0 Å². The fraction of sp³-hybridized carbons (Fsp3) is 0.0820. The molecule has 0 amide bonds. The molecule has 2 aliphatic rings. The van der Waals surface area contributed by atoms with E-state index in [0.29, 0.717) is 11.8 Å². The third-order valence-corrected chi connectivity index (χ3v) is 16.0. The molecule has 10 aromatic carbocycles. The van der Waals surface area contributed by atoms with Crippen LogP contribution < -0.4 is 0 Å². The van der Waals surface area contributed by atoms with E-state index in [1.165, 1.54) is 124 Å². The second kappa shape index (κ2) is 12.9. The van der Waals surface area contributed by atoms with Gasteiger partial charge in [-0.25, -0.2) is 0 Å². The van der Waals surface area contributed by atoms with Crippen molar-refractivity contribution in [3.63, 3.8) is 0 Å². The molecule has 2 heterocycles. The molecule has 2 heteroatoms. The first-order chi connectivity index (χ1) is 31.0. The molecular weight excluding hydrogens is 779 g/mol.